The Bertz CT molecular complexity index is 391. The van der Waals surface area contributed by atoms with Crippen LogP contribution in [0.3, 0.4) is 0 Å². The van der Waals surface area contributed by atoms with Gasteiger partial charge in [0, 0.05) is 0 Å². The van der Waals surface area contributed by atoms with Crippen LogP contribution >= 0.6 is 23.2 Å². The first kappa shape index (κ1) is 12.3. The topological polar surface area (TPSA) is 63.3 Å². The van der Waals surface area contributed by atoms with Crippen LogP contribution in [0.2, 0.25) is 10.0 Å². The maximum absolute atomic E-state index is 10.6. The monoisotopic (exact) mass is 247 g/mol. The van der Waals surface area contributed by atoms with E-state index in [1.165, 1.54) is 0 Å². The summed E-state index contributed by atoms with van der Waals surface area (Å²) < 4.78 is 0. The van der Waals surface area contributed by atoms with Gasteiger partial charge in [0.25, 0.3) is 0 Å². The van der Waals surface area contributed by atoms with E-state index in [2.05, 4.69) is 0 Å². The minimum Gasteiger partial charge on any atom is -0.481 e. The van der Waals surface area contributed by atoms with Gasteiger partial charge in [0.05, 0.1) is 22.0 Å². The number of halogens is 2. The average Bonchev–Trinajstić information content (AvgIpc) is 2.07. The Balaban J connectivity index is 3.14. The van der Waals surface area contributed by atoms with E-state index in [9.17, 15) is 4.79 Å². The van der Waals surface area contributed by atoms with Gasteiger partial charge in [0.1, 0.15) is 0 Å². The van der Waals surface area contributed by atoms with Gasteiger partial charge >= 0.3 is 5.97 Å². The first-order valence-electron chi connectivity index (χ1n) is 4.30. The maximum atomic E-state index is 10.6. The fourth-order valence-corrected chi connectivity index (χ4v) is 1.87. The van der Waals surface area contributed by atoms with Gasteiger partial charge in [-0.25, -0.2) is 0 Å². The van der Waals surface area contributed by atoms with Crippen LogP contribution in [0.1, 0.15) is 18.9 Å². The number of nitrogens with two attached hydrogens (primary N) is 1. The van der Waals surface area contributed by atoms with Crippen molar-refractivity contribution in [2.24, 2.45) is 5.73 Å². The molecule has 0 heterocycles. The number of carboxylic acid groups (broad SMARTS) is 1. The molecule has 0 aliphatic rings. The van der Waals surface area contributed by atoms with Crippen molar-refractivity contribution in [3.8, 4) is 0 Å². The van der Waals surface area contributed by atoms with Crippen LogP contribution in [0, 0.1) is 0 Å². The molecular weight excluding hydrogens is 237 g/mol. The number of carbonyl (C=O) groups is 1. The molecule has 0 radical (unpaired) electrons. The lowest BCUT2D eigenvalue weighted by Gasteiger charge is -2.24. The molecule has 1 aromatic carbocycles. The molecule has 0 bridgehead atoms. The van der Waals surface area contributed by atoms with E-state index in [-0.39, 0.29) is 6.42 Å². The van der Waals surface area contributed by atoms with Crippen molar-refractivity contribution < 1.29 is 9.90 Å². The van der Waals surface area contributed by atoms with Crippen LogP contribution in [0.15, 0.2) is 18.2 Å². The lowest BCUT2D eigenvalue weighted by atomic mass is 9.90. The number of rotatable bonds is 3. The quantitative estimate of drug-likeness (QED) is 0.864. The number of aliphatic carboxylic acids is 1. The molecule has 0 fully saturated rings. The number of carboxylic acids is 1. The molecule has 1 unspecified atom stereocenters. The maximum Gasteiger partial charge on any atom is 0.305 e. The molecule has 0 amide bonds. The van der Waals surface area contributed by atoms with Crippen molar-refractivity contribution in [1.29, 1.82) is 0 Å². The largest absolute Gasteiger partial charge is 0.481 e. The Morgan fingerprint density at radius 2 is 2.13 bits per heavy atom. The summed E-state index contributed by atoms with van der Waals surface area (Å²) in [4.78, 5) is 10.6. The molecule has 0 aliphatic carbocycles. The van der Waals surface area contributed by atoms with Crippen LogP contribution in [0.4, 0.5) is 0 Å². The highest BCUT2D eigenvalue weighted by Crippen LogP contribution is 2.33. The summed E-state index contributed by atoms with van der Waals surface area (Å²) in [5.74, 6) is -0.976. The van der Waals surface area contributed by atoms with Crippen molar-refractivity contribution in [2.75, 3.05) is 0 Å². The highest BCUT2D eigenvalue weighted by Gasteiger charge is 2.27. The molecule has 1 atom stereocenters. The van der Waals surface area contributed by atoms with E-state index < -0.39 is 11.5 Å². The Labute approximate surface area is 97.8 Å². The van der Waals surface area contributed by atoms with Gasteiger partial charge in [0.15, 0.2) is 0 Å². The lowest BCUT2D eigenvalue weighted by molar-refractivity contribution is -0.138. The SMILES string of the molecule is CC(N)(CC(=O)O)c1cccc(Cl)c1Cl. The summed E-state index contributed by atoms with van der Waals surface area (Å²) in [5, 5.41) is 9.40. The summed E-state index contributed by atoms with van der Waals surface area (Å²) in [5.41, 5.74) is 5.41. The standard InChI is InChI=1S/C10H11Cl2NO2/c1-10(13,5-8(14)15)6-3-2-4-7(11)9(6)12/h2-4H,5,13H2,1H3,(H,14,15). The number of hydrogen-bond donors (Lipinski definition) is 2. The first-order valence-corrected chi connectivity index (χ1v) is 5.05. The van der Waals surface area contributed by atoms with Crippen molar-refractivity contribution in [2.45, 2.75) is 18.9 Å². The van der Waals surface area contributed by atoms with Gasteiger partial charge in [0.2, 0.25) is 0 Å². The van der Waals surface area contributed by atoms with Crippen molar-refractivity contribution in [1.82, 2.24) is 0 Å². The molecule has 5 heteroatoms. The molecule has 1 aromatic rings. The van der Waals surface area contributed by atoms with Crippen LogP contribution in [-0.2, 0) is 10.3 Å². The van der Waals surface area contributed by atoms with Crippen LogP contribution in [-0.4, -0.2) is 11.1 Å². The van der Waals surface area contributed by atoms with Crippen LogP contribution < -0.4 is 5.73 Å². The molecule has 0 spiro atoms. The summed E-state index contributed by atoms with van der Waals surface area (Å²) in [6.07, 6.45) is -0.201. The Morgan fingerprint density at radius 1 is 1.53 bits per heavy atom. The summed E-state index contributed by atoms with van der Waals surface area (Å²) in [6.45, 7) is 1.61. The third kappa shape index (κ3) is 2.84. The third-order valence-electron chi connectivity index (χ3n) is 2.09. The van der Waals surface area contributed by atoms with E-state index in [1.54, 1.807) is 25.1 Å². The van der Waals surface area contributed by atoms with Gasteiger partial charge in [-0.1, -0.05) is 35.3 Å². The molecule has 0 aliphatic heterocycles. The minimum atomic E-state index is -1.02. The molecule has 82 valence electrons. The zero-order chi connectivity index (χ0) is 11.6. The highest BCUT2D eigenvalue weighted by molar-refractivity contribution is 6.42. The molecule has 3 N–H and O–H groups in total. The number of benzene rings is 1. The minimum absolute atomic E-state index is 0.201. The van der Waals surface area contributed by atoms with E-state index >= 15 is 0 Å². The van der Waals surface area contributed by atoms with E-state index in [0.717, 1.165) is 0 Å². The average molecular weight is 248 g/mol. The smallest absolute Gasteiger partial charge is 0.305 e. The van der Waals surface area contributed by atoms with Crippen LogP contribution in [0.25, 0.3) is 0 Å². The predicted octanol–water partition coefficient (Wildman–Crippen LogP) is 2.64. The van der Waals surface area contributed by atoms with Gasteiger partial charge in [-0.05, 0) is 18.6 Å². The van der Waals surface area contributed by atoms with Crippen molar-refractivity contribution >= 4 is 29.2 Å². The summed E-state index contributed by atoms with van der Waals surface area (Å²) >= 11 is 11.8. The fourth-order valence-electron chi connectivity index (χ4n) is 1.35. The summed E-state index contributed by atoms with van der Waals surface area (Å²) in [6, 6.07) is 5.00. The predicted molar refractivity (Wildman–Crippen MR) is 60.3 cm³/mol. The molecule has 1 rings (SSSR count). The van der Waals surface area contributed by atoms with Crippen molar-refractivity contribution in [3.63, 3.8) is 0 Å². The second kappa shape index (κ2) is 4.39. The zero-order valence-electron chi connectivity index (χ0n) is 8.13. The fraction of sp³-hybridized carbons (Fsp3) is 0.300. The van der Waals surface area contributed by atoms with E-state index in [0.29, 0.717) is 15.6 Å². The zero-order valence-corrected chi connectivity index (χ0v) is 9.64. The highest BCUT2D eigenvalue weighted by atomic mass is 35.5. The molecular formula is C10H11Cl2NO2. The van der Waals surface area contributed by atoms with Crippen molar-refractivity contribution in [3.05, 3.63) is 33.8 Å². The van der Waals surface area contributed by atoms with Gasteiger partial charge in [-0.15, -0.1) is 0 Å². The lowest BCUT2D eigenvalue weighted by Crippen LogP contribution is -2.35. The molecule has 3 nitrogen and oxygen atoms in total. The van der Waals surface area contributed by atoms with Gasteiger partial charge in [-0.2, -0.15) is 0 Å². The van der Waals surface area contributed by atoms with Crippen LogP contribution in [0.5, 0.6) is 0 Å². The third-order valence-corrected chi connectivity index (χ3v) is 2.90. The second-order valence-electron chi connectivity index (χ2n) is 3.59. The molecule has 0 aromatic heterocycles. The molecule has 15 heavy (non-hydrogen) atoms. The molecule has 0 saturated heterocycles. The Morgan fingerprint density at radius 3 is 2.67 bits per heavy atom. The first-order chi connectivity index (χ1) is 6.84. The van der Waals surface area contributed by atoms with Gasteiger partial charge < -0.3 is 10.8 Å². The Kier molecular flexibility index (Phi) is 3.60. The second-order valence-corrected chi connectivity index (χ2v) is 4.37. The molecule has 0 saturated carbocycles. The van der Waals surface area contributed by atoms with Gasteiger partial charge in [-0.3, -0.25) is 4.79 Å². The normalized spacial score (nSPS) is 14.7. The Hall–Kier alpha value is -0.770. The number of hydrogen-bond acceptors (Lipinski definition) is 2. The van der Waals surface area contributed by atoms with E-state index in [1.807, 2.05) is 0 Å². The van der Waals surface area contributed by atoms with E-state index in [4.69, 9.17) is 34.0 Å². The summed E-state index contributed by atoms with van der Waals surface area (Å²) in [7, 11) is 0.